The molecule has 1 unspecified atom stereocenters. The van der Waals surface area contributed by atoms with E-state index in [1.54, 1.807) is 23.3 Å². The maximum absolute atomic E-state index is 11.9. The van der Waals surface area contributed by atoms with E-state index < -0.39 is 12.1 Å². The molecule has 6 heteroatoms. The number of carbonyl (C=O) groups is 2. The number of rotatable bonds is 5. The van der Waals surface area contributed by atoms with Crippen LogP contribution in [-0.2, 0) is 9.53 Å². The van der Waals surface area contributed by atoms with E-state index in [9.17, 15) is 9.59 Å². The lowest BCUT2D eigenvalue weighted by Gasteiger charge is -2.22. The van der Waals surface area contributed by atoms with Crippen molar-refractivity contribution in [3.63, 3.8) is 0 Å². The highest BCUT2D eigenvalue weighted by molar-refractivity contribution is 7.12. The average Bonchev–Trinajstić information content (AvgIpc) is 2.76. The van der Waals surface area contributed by atoms with Gasteiger partial charge in [-0.25, -0.2) is 4.79 Å². The molecule has 0 bridgehead atoms. The Morgan fingerprint density at radius 3 is 2.50 bits per heavy atom. The molecule has 1 rings (SSSR count). The van der Waals surface area contributed by atoms with Gasteiger partial charge >= 0.3 is 5.97 Å². The molecule has 1 heterocycles. The SMILES string of the molecule is CCN(CC)C(=O)C(C)OC(=O)c1sccc1N. The predicted octanol–water partition coefficient (Wildman–Crippen LogP) is 1.74. The van der Waals surface area contributed by atoms with Crippen molar-refractivity contribution in [2.45, 2.75) is 26.9 Å². The second-order valence-corrected chi connectivity index (χ2v) is 4.68. The van der Waals surface area contributed by atoms with E-state index in [2.05, 4.69) is 0 Å². The fourth-order valence-electron chi connectivity index (χ4n) is 1.54. The predicted molar refractivity (Wildman–Crippen MR) is 71.5 cm³/mol. The molecule has 5 nitrogen and oxygen atoms in total. The summed E-state index contributed by atoms with van der Waals surface area (Å²) in [5.74, 6) is -0.737. The number of hydrogen-bond acceptors (Lipinski definition) is 5. The van der Waals surface area contributed by atoms with Gasteiger partial charge in [0.15, 0.2) is 6.10 Å². The lowest BCUT2D eigenvalue weighted by molar-refractivity contribution is -0.139. The monoisotopic (exact) mass is 270 g/mol. The summed E-state index contributed by atoms with van der Waals surface area (Å²) in [5.41, 5.74) is 6.00. The Kier molecular flexibility index (Phi) is 5.15. The van der Waals surface area contributed by atoms with Crippen LogP contribution in [0, 0.1) is 0 Å². The highest BCUT2D eigenvalue weighted by Gasteiger charge is 2.23. The number of esters is 1. The molecule has 1 aromatic rings. The van der Waals surface area contributed by atoms with Crippen molar-refractivity contribution in [2.75, 3.05) is 18.8 Å². The standard InChI is InChI=1S/C12H18N2O3S/c1-4-14(5-2)11(15)8(3)17-12(16)10-9(13)6-7-18-10/h6-8H,4-5,13H2,1-3H3. The third kappa shape index (κ3) is 3.22. The normalized spacial score (nSPS) is 11.9. The summed E-state index contributed by atoms with van der Waals surface area (Å²) in [6.45, 7) is 6.53. The molecule has 0 fully saturated rings. The molecule has 0 saturated heterocycles. The molecular weight excluding hydrogens is 252 g/mol. The maximum atomic E-state index is 11.9. The molecule has 1 atom stereocenters. The number of hydrogen-bond donors (Lipinski definition) is 1. The first-order valence-corrected chi connectivity index (χ1v) is 6.71. The largest absolute Gasteiger partial charge is 0.448 e. The van der Waals surface area contributed by atoms with Crippen molar-refractivity contribution >= 4 is 28.9 Å². The van der Waals surface area contributed by atoms with Gasteiger partial charge in [-0.05, 0) is 32.2 Å². The molecule has 2 N–H and O–H groups in total. The molecule has 1 amide bonds. The first-order chi connectivity index (χ1) is 8.51. The summed E-state index contributed by atoms with van der Waals surface area (Å²) in [5, 5.41) is 1.71. The molecule has 0 aliphatic carbocycles. The second-order valence-electron chi connectivity index (χ2n) is 3.76. The van der Waals surface area contributed by atoms with Gasteiger partial charge in [-0.3, -0.25) is 4.79 Å². The highest BCUT2D eigenvalue weighted by atomic mass is 32.1. The number of carbonyl (C=O) groups excluding carboxylic acids is 2. The van der Waals surface area contributed by atoms with Gasteiger partial charge in [0.1, 0.15) is 4.88 Å². The summed E-state index contributed by atoms with van der Waals surface area (Å²) >= 11 is 1.21. The van der Waals surface area contributed by atoms with Gasteiger partial charge in [0.2, 0.25) is 0 Å². The molecular formula is C12H18N2O3S. The van der Waals surface area contributed by atoms with Gasteiger partial charge in [0.05, 0.1) is 5.69 Å². The fraction of sp³-hybridized carbons (Fsp3) is 0.500. The summed E-state index contributed by atoms with van der Waals surface area (Å²) in [6, 6.07) is 1.64. The Morgan fingerprint density at radius 2 is 2.06 bits per heavy atom. The molecule has 1 aromatic heterocycles. The van der Waals surface area contributed by atoms with Gasteiger partial charge in [0, 0.05) is 13.1 Å². The van der Waals surface area contributed by atoms with Crippen molar-refractivity contribution < 1.29 is 14.3 Å². The molecule has 0 aromatic carbocycles. The van der Waals surface area contributed by atoms with E-state index in [0.29, 0.717) is 23.7 Å². The summed E-state index contributed by atoms with van der Waals surface area (Å²) in [6.07, 6.45) is -0.793. The second kappa shape index (κ2) is 6.39. The van der Waals surface area contributed by atoms with E-state index >= 15 is 0 Å². The highest BCUT2D eigenvalue weighted by Crippen LogP contribution is 2.20. The zero-order chi connectivity index (χ0) is 13.7. The molecule has 100 valence electrons. The number of nitrogens with two attached hydrogens (primary N) is 1. The van der Waals surface area contributed by atoms with Gasteiger partial charge < -0.3 is 15.4 Å². The van der Waals surface area contributed by atoms with Crippen LogP contribution in [0.5, 0.6) is 0 Å². The zero-order valence-corrected chi connectivity index (χ0v) is 11.6. The van der Waals surface area contributed by atoms with Crippen LogP contribution in [0.2, 0.25) is 0 Å². The van der Waals surface area contributed by atoms with E-state index in [0.717, 1.165) is 0 Å². The fourth-order valence-corrected chi connectivity index (χ4v) is 2.24. The van der Waals surface area contributed by atoms with E-state index in [-0.39, 0.29) is 5.91 Å². The topological polar surface area (TPSA) is 72.6 Å². The van der Waals surface area contributed by atoms with Gasteiger partial charge in [0.25, 0.3) is 5.91 Å². The Labute approximate surface area is 111 Å². The van der Waals surface area contributed by atoms with Crippen LogP contribution in [0.25, 0.3) is 0 Å². The molecule has 0 aliphatic rings. The van der Waals surface area contributed by atoms with Crippen LogP contribution >= 0.6 is 11.3 Å². The van der Waals surface area contributed by atoms with Crippen LogP contribution < -0.4 is 5.73 Å². The van der Waals surface area contributed by atoms with Crippen molar-refractivity contribution in [1.82, 2.24) is 4.90 Å². The Morgan fingerprint density at radius 1 is 1.44 bits per heavy atom. The van der Waals surface area contributed by atoms with E-state index in [1.165, 1.54) is 11.3 Å². The summed E-state index contributed by atoms with van der Waals surface area (Å²) in [4.78, 5) is 25.7. The Bertz CT molecular complexity index is 427. The Hall–Kier alpha value is -1.56. The molecule has 0 aliphatic heterocycles. The van der Waals surface area contributed by atoms with Crippen molar-refractivity contribution in [3.05, 3.63) is 16.3 Å². The van der Waals surface area contributed by atoms with Crippen LogP contribution in [0.3, 0.4) is 0 Å². The molecule has 0 radical (unpaired) electrons. The van der Waals surface area contributed by atoms with Crippen LogP contribution in [0.15, 0.2) is 11.4 Å². The van der Waals surface area contributed by atoms with Crippen LogP contribution in [-0.4, -0.2) is 36.0 Å². The van der Waals surface area contributed by atoms with Crippen molar-refractivity contribution in [1.29, 1.82) is 0 Å². The van der Waals surface area contributed by atoms with E-state index in [1.807, 2.05) is 13.8 Å². The first kappa shape index (κ1) is 14.5. The number of nitrogen functional groups attached to an aromatic ring is 1. The number of nitrogens with zero attached hydrogens (tertiary/aromatic N) is 1. The first-order valence-electron chi connectivity index (χ1n) is 5.83. The minimum Gasteiger partial charge on any atom is -0.448 e. The van der Waals surface area contributed by atoms with Crippen LogP contribution in [0.1, 0.15) is 30.4 Å². The van der Waals surface area contributed by atoms with Crippen molar-refractivity contribution in [3.8, 4) is 0 Å². The summed E-state index contributed by atoms with van der Waals surface area (Å²) < 4.78 is 5.12. The quantitative estimate of drug-likeness (QED) is 0.827. The van der Waals surface area contributed by atoms with Gasteiger partial charge in [-0.1, -0.05) is 0 Å². The van der Waals surface area contributed by atoms with Gasteiger partial charge in [-0.2, -0.15) is 0 Å². The molecule has 0 saturated carbocycles. The molecule has 0 spiro atoms. The minimum absolute atomic E-state index is 0.191. The number of amides is 1. The molecule has 18 heavy (non-hydrogen) atoms. The van der Waals surface area contributed by atoms with Crippen molar-refractivity contribution in [2.24, 2.45) is 0 Å². The lowest BCUT2D eigenvalue weighted by atomic mass is 10.3. The minimum atomic E-state index is -0.793. The Balaban J connectivity index is 2.65. The smallest absolute Gasteiger partial charge is 0.351 e. The third-order valence-electron chi connectivity index (χ3n) is 2.59. The van der Waals surface area contributed by atoms with E-state index in [4.69, 9.17) is 10.5 Å². The number of likely N-dealkylation sites (N-methyl/N-ethyl adjacent to an activating group) is 1. The summed E-state index contributed by atoms with van der Waals surface area (Å²) in [7, 11) is 0. The van der Waals surface area contributed by atoms with Gasteiger partial charge in [-0.15, -0.1) is 11.3 Å². The maximum Gasteiger partial charge on any atom is 0.351 e. The zero-order valence-electron chi connectivity index (χ0n) is 10.8. The number of thiophene rings is 1. The number of anilines is 1. The third-order valence-corrected chi connectivity index (χ3v) is 3.50. The lowest BCUT2D eigenvalue weighted by Crippen LogP contribution is -2.39. The van der Waals surface area contributed by atoms with Crippen LogP contribution in [0.4, 0.5) is 5.69 Å². The average molecular weight is 270 g/mol. The number of ether oxygens (including phenoxy) is 1.